The van der Waals surface area contributed by atoms with Crippen molar-refractivity contribution < 1.29 is 14.3 Å². The lowest BCUT2D eigenvalue weighted by Gasteiger charge is -2.55. The SMILES string of the molecule is CC(=O)N1C2CCC(C3CCCC4CNN(C)C43)CC2N(C(=O)C2CCCO2)C[C@@H]1C. The molecule has 0 bridgehead atoms. The third-order valence-electron chi connectivity index (χ3n) is 9.06. The van der Waals surface area contributed by atoms with Crippen LogP contribution in [0.4, 0.5) is 0 Å². The maximum absolute atomic E-state index is 13.5. The number of hydrogen-bond acceptors (Lipinski definition) is 5. The first kappa shape index (κ1) is 21.7. The Morgan fingerprint density at radius 2 is 1.84 bits per heavy atom. The molecular weight excluding hydrogens is 392 g/mol. The van der Waals surface area contributed by atoms with Gasteiger partial charge in [0.25, 0.3) is 5.91 Å². The number of rotatable bonds is 2. The molecule has 3 saturated heterocycles. The van der Waals surface area contributed by atoms with Gasteiger partial charge in [-0.3, -0.25) is 15.0 Å². The number of carbonyl (C=O) groups is 2. The second-order valence-electron chi connectivity index (χ2n) is 10.8. The van der Waals surface area contributed by atoms with E-state index in [0.717, 1.165) is 38.1 Å². The van der Waals surface area contributed by atoms with Crippen LogP contribution >= 0.6 is 0 Å². The van der Waals surface area contributed by atoms with Crippen LogP contribution in [0.1, 0.15) is 65.2 Å². The number of piperazine rings is 1. The maximum Gasteiger partial charge on any atom is 0.252 e. The van der Waals surface area contributed by atoms with E-state index < -0.39 is 0 Å². The van der Waals surface area contributed by atoms with Gasteiger partial charge in [-0.15, -0.1) is 0 Å². The van der Waals surface area contributed by atoms with Gasteiger partial charge in [-0.2, -0.15) is 0 Å². The summed E-state index contributed by atoms with van der Waals surface area (Å²) in [7, 11) is 2.21. The Morgan fingerprint density at radius 1 is 1.00 bits per heavy atom. The summed E-state index contributed by atoms with van der Waals surface area (Å²) in [5.74, 6) is 2.39. The molecule has 7 heteroatoms. The number of ether oxygens (including phenoxy) is 1. The van der Waals surface area contributed by atoms with E-state index >= 15 is 0 Å². The molecule has 0 aromatic carbocycles. The van der Waals surface area contributed by atoms with Crippen LogP contribution in [0.3, 0.4) is 0 Å². The zero-order valence-electron chi connectivity index (χ0n) is 19.5. The minimum atomic E-state index is -0.277. The molecular formula is C24H40N4O3. The molecule has 5 fully saturated rings. The first-order valence-corrected chi connectivity index (χ1v) is 12.6. The third kappa shape index (κ3) is 3.80. The van der Waals surface area contributed by atoms with Crippen LogP contribution in [0.25, 0.3) is 0 Å². The summed E-state index contributed by atoms with van der Waals surface area (Å²) < 4.78 is 5.78. The van der Waals surface area contributed by atoms with Gasteiger partial charge in [0.05, 0.1) is 12.1 Å². The van der Waals surface area contributed by atoms with E-state index in [2.05, 4.69) is 34.2 Å². The van der Waals surface area contributed by atoms with Crippen molar-refractivity contribution in [1.82, 2.24) is 20.2 Å². The largest absolute Gasteiger partial charge is 0.368 e. The summed E-state index contributed by atoms with van der Waals surface area (Å²) in [6.45, 7) is 6.24. The Hall–Kier alpha value is -1.18. The van der Waals surface area contributed by atoms with Crippen LogP contribution in [-0.2, 0) is 14.3 Å². The van der Waals surface area contributed by atoms with Crippen molar-refractivity contribution in [3.63, 3.8) is 0 Å². The monoisotopic (exact) mass is 432 g/mol. The zero-order chi connectivity index (χ0) is 21.7. The highest BCUT2D eigenvalue weighted by molar-refractivity contribution is 5.82. The number of fused-ring (bicyclic) bond motifs is 2. The van der Waals surface area contributed by atoms with Gasteiger partial charge >= 0.3 is 0 Å². The third-order valence-corrected chi connectivity index (χ3v) is 9.06. The average molecular weight is 433 g/mol. The fraction of sp³-hybridized carbons (Fsp3) is 0.917. The molecule has 7 nitrogen and oxygen atoms in total. The van der Waals surface area contributed by atoms with Crippen LogP contribution in [0.5, 0.6) is 0 Å². The minimum absolute atomic E-state index is 0.0740. The summed E-state index contributed by atoms with van der Waals surface area (Å²) in [6.07, 6.45) is 8.69. The topological polar surface area (TPSA) is 65.1 Å². The molecule has 174 valence electrons. The molecule has 0 radical (unpaired) electrons. The van der Waals surface area contributed by atoms with Crippen LogP contribution in [0.15, 0.2) is 0 Å². The lowest BCUT2D eigenvalue weighted by atomic mass is 9.65. The predicted molar refractivity (Wildman–Crippen MR) is 118 cm³/mol. The molecule has 2 amide bonds. The van der Waals surface area contributed by atoms with E-state index in [0.29, 0.717) is 31.0 Å². The van der Waals surface area contributed by atoms with E-state index in [9.17, 15) is 9.59 Å². The van der Waals surface area contributed by atoms with Gasteiger partial charge in [-0.05, 0) is 69.6 Å². The highest BCUT2D eigenvalue weighted by Gasteiger charge is 2.51. The molecule has 3 aliphatic heterocycles. The number of hydrazine groups is 1. The van der Waals surface area contributed by atoms with Gasteiger partial charge in [0, 0.05) is 45.8 Å². The Kier molecular flexibility index (Phi) is 6.03. The van der Waals surface area contributed by atoms with Gasteiger partial charge in [0.2, 0.25) is 5.91 Å². The van der Waals surface area contributed by atoms with Crippen molar-refractivity contribution in [3.8, 4) is 0 Å². The van der Waals surface area contributed by atoms with Crippen LogP contribution in [-0.4, -0.2) is 83.6 Å². The quantitative estimate of drug-likeness (QED) is 0.723. The van der Waals surface area contributed by atoms with Gasteiger partial charge in [-0.1, -0.05) is 6.42 Å². The molecule has 2 saturated carbocycles. The van der Waals surface area contributed by atoms with Gasteiger partial charge in [0.15, 0.2) is 0 Å². The van der Waals surface area contributed by atoms with Crippen molar-refractivity contribution in [1.29, 1.82) is 0 Å². The second kappa shape index (κ2) is 8.64. The van der Waals surface area contributed by atoms with Crippen LogP contribution < -0.4 is 5.43 Å². The van der Waals surface area contributed by atoms with E-state index in [-0.39, 0.29) is 36.0 Å². The molecule has 3 heterocycles. The zero-order valence-corrected chi connectivity index (χ0v) is 19.5. The number of nitrogens with zero attached hydrogens (tertiary/aromatic N) is 3. The fourth-order valence-electron chi connectivity index (χ4n) is 7.81. The summed E-state index contributed by atoms with van der Waals surface area (Å²) in [6, 6.07) is 0.978. The first-order valence-electron chi connectivity index (χ1n) is 12.6. The molecule has 0 aromatic rings. The summed E-state index contributed by atoms with van der Waals surface area (Å²) in [5.41, 5.74) is 3.58. The second-order valence-corrected chi connectivity index (χ2v) is 10.8. The van der Waals surface area contributed by atoms with Crippen molar-refractivity contribution in [2.24, 2.45) is 17.8 Å². The fourth-order valence-corrected chi connectivity index (χ4v) is 7.81. The lowest BCUT2D eigenvalue weighted by Crippen LogP contribution is -2.68. The van der Waals surface area contributed by atoms with Crippen molar-refractivity contribution in [2.45, 2.75) is 95.5 Å². The molecule has 1 N–H and O–H groups in total. The molecule has 2 aliphatic carbocycles. The molecule has 7 unspecified atom stereocenters. The average Bonchev–Trinajstić information content (AvgIpc) is 3.42. The van der Waals surface area contributed by atoms with Crippen LogP contribution in [0.2, 0.25) is 0 Å². The predicted octanol–water partition coefficient (Wildman–Crippen LogP) is 2.02. The van der Waals surface area contributed by atoms with E-state index in [1.54, 1.807) is 6.92 Å². The number of hydrogen-bond donors (Lipinski definition) is 1. The smallest absolute Gasteiger partial charge is 0.252 e. The Labute approximate surface area is 186 Å². The Balaban J connectivity index is 1.39. The molecule has 8 atom stereocenters. The molecule has 5 aliphatic rings. The number of carbonyl (C=O) groups excluding carboxylic acids is 2. The molecule has 31 heavy (non-hydrogen) atoms. The van der Waals surface area contributed by atoms with E-state index in [1.807, 2.05) is 0 Å². The highest BCUT2D eigenvalue weighted by Crippen LogP contribution is 2.46. The molecule has 5 rings (SSSR count). The molecule has 0 spiro atoms. The Morgan fingerprint density at radius 3 is 2.58 bits per heavy atom. The Bertz CT molecular complexity index is 694. The highest BCUT2D eigenvalue weighted by atomic mass is 16.5. The van der Waals surface area contributed by atoms with Crippen molar-refractivity contribution in [2.75, 3.05) is 26.7 Å². The number of amides is 2. The van der Waals surface area contributed by atoms with Crippen molar-refractivity contribution in [3.05, 3.63) is 0 Å². The van der Waals surface area contributed by atoms with Gasteiger partial charge in [0.1, 0.15) is 6.10 Å². The minimum Gasteiger partial charge on any atom is -0.368 e. The maximum atomic E-state index is 13.5. The summed E-state index contributed by atoms with van der Waals surface area (Å²) in [5, 5.41) is 2.38. The molecule has 0 aromatic heterocycles. The normalized spacial score (nSPS) is 43.6. The van der Waals surface area contributed by atoms with Crippen molar-refractivity contribution >= 4 is 11.8 Å². The summed E-state index contributed by atoms with van der Waals surface area (Å²) in [4.78, 5) is 30.3. The first-order chi connectivity index (χ1) is 15.0. The van der Waals surface area contributed by atoms with E-state index in [1.165, 1.54) is 25.7 Å². The van der Waals surface area contributed by atoms with Gasteiger partial charge < -0.3 is 14.5 Å². The number of nitrogens with one attached hydrogen (secondary N) is 1. The van der Waals surface area contributed by atoms with Gasteiger partial charge in [-0.25, -0.2) is 5.01 Å². The van der Waals surface area contributed by atoms with Crippen LogP contribution in [0, 0.1) is 17.8 Å². The standard InChI is InChI=1S/C24H40N4O3/c1-15-14-27(24(30)22-8-5-11-31-22)21-12-17(9-10-20(21)28(15)16(2)29)19-7-4-6-18-13-25-26(3)23(18)19/h15,17-23,25H,4-14H2,1-3H3/t15-,17?,18?,19?,20?,21?,22?,23?/m0/s1. The lowest BCUT2D eigenvalue weighted by molar-refractivity contribution is -0.161. The summed E-state index contributed by atoms with van der Waals surface area (Å²) >= 11 is 0. The van der Waals surface area contributed by atoms with E-state index in [4.69, 9.17) is 4.74 Å².